The summed E-state index contributed by atoms with van der Waals surface area (Å²) in [6.45, 7) is 2.85. The smallest absolute Gasteiger partial charge is 0.124 e. The molecule has 20 heavy (non-hydrogen) atoms. The number of nitrogens with one attached hydrogen (secondary N) is 1. The zero-order chi connectivity index (χ0) is 15.0. The fourth-order valence-corrected chi connectivity index (χ4v) is 2.03. The first-order valence-electron chi connectivity index (χ1n) is 6.91. The Labute approximate surface area is 120 Å². The number of hydrogen-bond acceptors (Lipinski definition) is 5. The van der Waals surface area contributed by atoms with Crippen molar-refractivity contribution in [2.24, 2.45) is 0 Å². The van der Waals surface area contributed by atoms with Gasteiger partial charge < -0.3 is 25.0 Å². The van der Waals surface area contributed by atoms with E-state index in [1.165, 1.54) is 0 Å². The second kappa shape index (κ2) is 8.79. The van der Waals surface area contributed by atoms with Crippen LogP contribution in [0.4, 0.5) is 0 Å². The summed E-state index contributed by atoms with van der Waals surface area (Å²) in [5.74, 6) is 1.29. The first-order valence-corrected chi connectivity index (χ1v) is 6.91. The van der Waals surface area contributed by atoms with Crippen molar-refractivity contribution < 1.29 is 19.7 Å². The van der Waals surface area contributed by atoms with Crippen molar-refractivity contribution in [2.75, 3.05) is 27.3 Å². The molecule has 1 rings (SSSR count). The first kappa shape index (κ1) is 16.8. The van der Waals surface area contributed by atoms with Gasteiger partial charge in [0.2, 0.25) is 0 Å². The van der Waals surface area contributed by atoms with Gasteiger partial charge in [-0.05, 0) is 24.6 Å². The Kier molecular flexibility index (Phi) is 7.36. The molecule has 0 aromatic heterocycles. The Morgan fingerprint density at radius 3 is 2.50 bits per heavy atom. The van der Waals surface area contributed by atoms with E-state index in [0.717, 1.165) is 12.8 Å². The van der Waals surface area contributed by atoms with Crippen LogP contribution in [-0.4, -0.2) is 43.6 Å². The summed E-state index contributed by atoms with van der Waals surface area (Å²) in [5.41, 5.74) is 0.671. The van der Waals surface area contributed by atoms with Gasteiger partial charge in [-0.1, -0.05) is 13.3 Å². The number of aliphatic hydroxyl groups excluding tert-OH is 2. The molecule has 5 nitrogen and oxygen atoms in total. The highest BCUT2D eigenvalue weighted by atomic mass is 16.5. The van der Waals surface area contributed by atoms with E-state index in [1.807, 2.05) is 6.92 Å². The molecule has 0 saturated heterocycles. The summed E-state index contributed by atoms with van der Waals surface area (Å²) in [7, 11) is 3.15. The van der Waals surface area contributed by atoms with E-state index in [9.17, 15) is 10.2 Å². The number of aliphatic hydroxyl groups is 2. The molecular formula is C15H25NO4. The Hall–Kier alpha value is -1.30. The standard InChI is InChI=1S/C15H25NO4/c1-4-5-11(17)9-16-10-14(18)13-8-12(19-2)6-7-15(13)20-3/h6-8,11,14,16-18H,4-5,9-10H2,1-3H3. The lowest BCUT2D eigenvalue weighted by atomic mass is 10.1. The minimum absolute atomic E-state index is 0.351. The molecule has 1 aromatic rings. The second-order valence-corrected chi connectivity index (χ2v) is 4.72. The average Bonchev–Trinajstić information content (AvgIpc) is 2.46. The van der Waals surface area contributed by atoms with Gasteiger partial charge in [0.1, 0.15) is 11.5 Å². The van der Waals surface area contributed by atoms with Gasteiger partial charge in [-0.3, -0.25) is 0 Å². The third kappa shape index (κ3) is 5.00. The molecule has 0 radical (unpaired) electrons. The van der Waals surface area contributed by atoms with Crippen molar-refractivity contribution in [3.63, 3.8) is 0 Å². The van der Waals surface area contributed by atoms with Crippen molar-refractivity contribution in [2.45, 2.75) is 32.0 Å². The van der Waals surface area contributed by atoms with Crippen molar-refractivity contribution in [1.29, 1.82) is 0 Å². The van der Waals surface area contributed by atoms with E-state index >= 15 is 0 Å². The van der Waals surface area contributed by atoms with E-state index in [4.69, 9.17) is 9.47 Å². The summed E-state index contributed by atoms with van der Waals surface area (Å²) < 4.78 is 10.4. The molecule has 0 heterocycles. The quantitative estimate of drug-likeness (QED) is 0.640. The highest BCUT2D eigenvalue weighted by Gasteiger charge is 2.14. The summed E-state index contributed by atoms with van der Waals surface area (Å²) in [6, 6.07) is 5.31. The molecule has 5 heteroatoms. The molecule has 2 atom stereocenters. The van der Waals surface area contributed by atoms with Crippen molar-refractivity contribution in [1.82, 2.24) is 5.32 Å². The fourth-order valence-electron chi connectivity index (χ4n) is 2.03. The maximum Gasteiger partial charge on any atom is 0.124 e. The second-order valence-electron chi connectivity index (χ2n) is 4.72. The summed E-state index contributed by atoms with van der Waals surface area (Å²) in [5, 5.41) is 22.9. The lowest BCUT2D eigenvalue weighted by molar-refractivity contribution is 0.138. The topological polar surface area (TPSA) is 71.0 Å². The fraction of sp³-hybridized carbons (Fsp3) is 0.600. The molecule has 0 aliphatic rings. The Balaban J connectivity index is 2.59. The molecule has 0 amide bonds. The molecule has 0 bridgehead atoms. The third-order valence-electron chi connectivity index (χ3n) is 3.14. The monoisotopic (exact) mass is 283 g/mol. The van der Waals surface area contributed by atoms with E-state index in [-0.39, 0.29) is 6.10 Å². The minimum Gasteiger partial charge on any atom is -0.497 e. The molecule has 2 unspecified atom stereocenters. The van der Waals surface area contributed by atoms with E-state index in [2.05, 4.69) is 5.32 Å². The molecule has 0 aliphatic carbocycles. The van der Waals surface area contributed by atoms with E-state index < -0.39 is 6.10 Å². The van der Waals surface area contributed by atoms with Gasteiger partial charge in [0.25, 0.3) is 0 Å². The van der Waals surface area contributed by atoms with Crippen LogP contribution in [0.5, 0.6) is 11.5 Å². The highest BCUT2D eigenvalue weighted by molar-refractivity contribution is 5.41. The molecule has 0 aliphatic heterocycles. The molecule has 3 N–H and O–H groups in total. The average molecular weight is 283 g/mol. The van der Waals surface area contributed by atoms with E-state index in [0.29, 0.717) is 30.2 Å². The maximum absolute atomic E-state index is 10.2. The molecule has 1 aromatic carbocycles. The van der Waals surface area contributed by atoms with Gasteiger partial charge >= 0.3 is 0 Å². The van der Waals surface area contributed by atoms with Crippen LogP contribution < -0.4 is 14.8 Å². The SMILES string of the molecule is CCCC(O)CNCC(O)c1cc(OC)ccc1OC. The largest absolute Gasteiger partial charge is 0.497 e. The Bertz CT molecular complexity index is 397. The molecule has 0 spiro atoms. The van der Waals surface area contributed by atoms with Crippen LogP contribution in [0.1, 0.15) is 31.4 Å². The maximum atomic E-state index is 10.2. The van der Waals surface area contributed by atoms with Crippen LogP contribution in [0.15, 0.2) is 18.2 Å². The van der Waals surface area contributed by atoms with Crippen LogP contribution >= 0.6 is 0 Å². The van der Waals surface area contributed by atoms with Gasteiger partial charge in [0, 0.05) is 18.7 Å². The highest BCUT2D eigenvalue weighted by Crippen LogP contribution is 2.28. The minimum atomic E-state index is -0.714. The van der Waals surface area contributed by atoms with Crippen LogP contribution in [0.25, 0.3) is 0 Å². The Morgan fingerprint density at radius 2 is 1.90 bits per heavy atom. The van der Waals surface area contributed by atoms with Crippen LogP contribution in [0.3, 0.4) is 0 Å². The summed E-state index contributed by atoms with van der Waals surface area (Å²) in [4.78, 5) is 0. The normalized spacial score (nSPS) is 13.8. The van der Waals surface area contributed by atoms with Gasteiger partial charge in [0.15, 0.2) is 0 Å². The van der Waals surface area contributed by atoms with E-state index in [1.54, 1.807) is 32.4 Å². The summed E-state index contributed by atoms with van der Waals surface area (Å²) >= 11 is 0. The van der Waals surface area contributed by atoms with Crippen molar-refractivity contribution in [3.8, 4) is 11.5 Å². The third-order valence-corrected chi connectivity index (χ3v) is 3.14. The van der Waals surface area contributed by atoms with Crippen LogP contribution in [0, 0.1) is 0 Å². The van der Waals surface area contributed by atoms with Crippen molar-refractivity contribution >= 4 is 0 Å². The lowest BCUT2D eigenvalue weighted by Gasteiger charge is -2.17. The zero-order valence-electron chi connectivity index (χ0n) is 12.4. The zero-order valence-corrected chi connectivity index (χ0v) is 12.4. The predicted octanol–water partition coefficient (Wildman–Crippen LogP) is 1.49. The molecule has 114 valence electrons. The number of methoxy groups -OCH3 is 2. The molecular weight excluding hydrogens is 258 g/mol. The summed E-state index contributed by atoms with van der Waals surface area (Å²) in [6.07, 6.45) is 0.606. The first-order chi connectivity index (χ1) is 9.62. The number of rotatable bonds is 9. The van der Waals surface area contributed by atoms with Crippen molar-refractivity contribution in [3.05, 3.63) is 23.8 Å². The van der Waals surface area contributed by atoms with Crippen LogP contribution in [-0.2, 0) is 0 Å². The number of ether oxygens (including phenoxy) is 2. The molecule has 0 saturated carbocycles. The Morgan fingerprint density at radius 1 is 1.15 bits per heavy atom. The molecule has 0 fully saturated rings. The predicted molar refractivity (Wildman–Crippen MR) is 78.3 cm³/mol. The van der Waals surface area contributed by atoms with Gasteiger partial charge in [-0.15, -0.1) is 0 Å². The number of benzene rings is 1. The van der Waals surface area contributed by atoms with Gasteiger partial charge in [-0.25, -0.2) is 0 Å². The number of hydrogen-bond donors (Lipinski definition) is 3. The van der Waals surface area contributed by atoms with Gasteiger partial charge in [-0.2, -0.15) is 0 Å². The lowest BCUT2D eigenvalue weighted by Crippen LogP contribution is -2.30. The van der Waals surface area contributed by atoms with Crippen LogP contribution in [0.2, 0.25) is 0 Å². The van der Waals surface area contributed by atoms with Gasteiger partial charge in [0.05, 0.1) is 26.4 Å².